The van der Waals surface area contributed by atoms with Crippen LogP contribution in [-0.2, 0) is 37.6 Å². The van der Waals surface area contributed by atoms with Crippen LogP contribution in [0.3, 0.4) is 0 Å². The Morgan fingerprint density at radius 1 is 0.472 bits per heavy atom. The summed E-state index contributed by atoms with van der Waals surface area (Å²) >= 11 is 0. The van der Waals surface area contributed by atoms with E-state index in [0.29, 0.717) is 23.0 Å². The van der Waals surface area contributed by atoms with Gasteiger partial charge in [0.25, 0.3) is 0 Å². The first-order chi connectivity index (χ1) is 25.5. The number of rotatable bonds is 10. The van der Waals surface area contributed by atoms with E-state index in [1.165, 1.54) is 12.5 Å². The summed E-state index contributed by atoms with van der Waals surface area (Å²) in [5.41, 5.74) is 11.5. The summed E-state index contributed by atoms with van der Waals surface area (Å²) in [5, 5.41) is 0. The van der Waals surface area contributed by atoms with Crippen LogP contribution in [-0.4, -0.2) is 48.1 Å². The number of aromatic nitrogens is 4. The molecule has 0 unspecified atom stereocenters. The smallest absolute Gasteiger partial charge is 0.175 e. The first-order valence-electron chi connectivity index (χ1n) is 16.8. The lowest BCUT2D eigenvalue weighted by Crippen LogP contribution is -1.96. The number of sulfone groups is 2. The largest absolute Gasteiger partial charge is 0.372 e. The van der Waals surface area contributed by atoms with Gasteiger partial charge in [-0.2, -0.15) is 0 Å². The van der Waals surface area contributed by atoms with Crippen molar-refractivity contribution in [3.05, 3.63) is 157 Å². The fraction of sp³-hybridized carbons (Fsp3) is 0.0952. The van der Waals surface area contributed by atoms with E-state index in [4.69, 9.17) is 4.74 Å². The Balaban J connectivity index is 0.886. The van der Waals surface area contributed by atoms with Gasteiger partial charge < -0.3 is 4.74 Å². The molecule has 0 radical (unpaired) electrons. The van der Waals surface area contributed by atoms with Crippen molar-refractivity contribution in [3.63, 3.8) is 0 Å². The Morgan fingerprint density at radius 2 is 0.830 bits per heavy atom. The molecule has 8 aromatic rings. The van der Waals surface area contributed by atoms with Gasteiger partial charge in [-0.15, -0.1) is 0 Å². The molecule has 8 rings (SSSR count). The molecule has 0 saturated heterocycles. The lowest BCUT2D eigenvalue weighted by atomic mass is 10.1. The molecule has 4 heterocycles. The number of hydrogen-bond acceptors (Lipinski definition) is 7. The van der Waals surface area contributed by atoms with E-state index in [1.54, 1.807) is 24.3 Å². The van der Waals surface area contributed by atoms with Crippen LogP contribution in [0.4, 0.5) is 0 Å². The summed E-state index contributed by atoms with van der Waals surface area (Å²) < 4.78 is 57.4. The minimum absolute atomic E-state index is 0.297. The van der Waals surface area contributed by atoms with Gasteiger partial charge in [0.15, 0.2) is 19.7 Å². The molecule has 0 saturated carbocycles. The van der Waals surface area contributed by atoms with Crippen molar-refractivity contribution in [2.45, 2.75) is 23.0 Å². The van der Waals surface area contributed by atoms with Crippen LogP contribution in [0.2, 0.25) is 0 Å². The highest BCUT2D eigenvalue weighted by Gasteiger charge is 2.12. The topological polar surface area (TPSA) is 112 Å². The molecule has 264 valence electrons. The van der Waals surface area contributed by atoms with Crippen LogP contribution in [0.1, 0.15) is 11.1 Å². The van der Waals surface area contributed by atoms with Gasteiger partial charge in [0.1, 0.15) is 11.3 Å². The standard InChI is InChI=1S/C42H34N4O5S2/c1-52(47,48)37-15-11-31(12-16-37)35-19-21-45-39(25-43-41(45)23-35)33-7-3-29(4-8-33)27-51-28-30-5-9-34(10-6-30)40-26-44-42-24-36(20-22-46(40)42)32-13-17-38(18-14-32)53(2,49)50/h3-26H,27-28H2,1-2H3. The quantitative estimate of drug-likeness (QED) is 0.139. The molecule has 0 fully saturated rings. The maximum atomic E-state index is 11.8. The molecule has 0 N–H and O–H groups in total. The molecular formula is C42H34N4O5S2. The number of imidazole rings is 2. The molecule has 9 nitrogen and oxygen atoms in total. The number of nitrogens with zero attached hydrogens (tertiary/aromatic N) is 4. The molecule has 0 amide bonds. The van der Waals surface area contributed by atoms with Crippen LogP contribution in [0, 0.1) is 0 Å². The van der Waals surface area contributed by atoms with E-state index in [9.17, 15) is 16.8 Å². The number of fused-ring (bicyclic) bond motifs is 2. The van der Waals surface area contributed by atoms with E-state index in [-0.39, 0.29) is 0 Å². The fourth-order valence-electron chi connectivity index (χ4n) is 6.37. The second kappa shape index (κ2) is 13.6. The molecule has 53 heavy (non-hydrogen) atoms. The predicted octanol–water partition coefficient (Wildman–Crippen LogP) is 8.17. The Hall–Kier alpha value is -5.88. The first kappa shape index (κ1) is 34.2. The lowest BCUT2D eigenvalue weighted by molar-refractivity contribution is 0.107. The second-order valence-electron chi connectivity index (χ2n) is 13.1. The highest BCUT2D eigenvalue weighted by Crippen LogP contribution is 2.28. The van der Waals surface area contributed by atoms with Crippen molar-refractivity contribution < 1.29 is 21.6 Å². The van der Waals surface area contributed by atoms with Crippen molar-refractivity contribution in [2.75, 3.05) is 12.5 Å². The van der Waals surface area contributed by atoms with E-state index >= 15 is 0 Å². The predicted molar refractivity (Wildman–Crippen MR) is 207 cm³/mol. The summed E-state index contributed by atoms with van der Waals surface area (Å²) in [6, 6.07) is 38.3. The van der Waals surface area contributed by atoms with Crippen LogP contribution >= 0.6 is 0 Å². The average Bonchev–Trinajstić information content (AvgIpc) is 3.79. The van der Waals surface area contributed by atoms with Crippen molar-refractivity contribution in [3.8, 4) is 44.8 Å². The van der Waals surface area contributed by atoms with E-state index in [2.05, 4.69) is 58.5 Å². The summed E-state index contributed by atoms with van der Waals surface area (Å²) in [4.78, 5) is 9.85. The van der Waals surface area contributed by atoms with Crippen molar-refractivity contribution >= 4 is 31.0 Å². The molecule has 4 aromatic carbocycles. The van der Waals surface area contributed by atoms with Gasteiger partial charge >= 0.3 is 0 Å². The minimum Gasteiger partial charge on any atom is -0.372 e. The highest BCUT2D eigenvalue weighted by molar-refractivity contribution is 7.91. The maximum Gasteiger partial charge on any atom is 0.175 e. The van der Waals surface area contributed by atoms with Gasteiger partial charge in [0, 0.05) is 36.0 Å². The number of pyridine rings is 2. The van der Waals surface area contributed by atoms with Gasteiger partial charge in [-0.3, -0.25) is 8.80 Å². The van der Waals surface area contributed by atoms with Gasteiger partial charge in [-0.1, -0.05) is 72.8 Å². The first-order valence-corrected chi connectivity index (χ1v) is 20.6. The highest BCUT2D eigenvalue weighted by atomic mass is 32.2. The Kier molecular flexibility index (Phi) is 8.77. The minimum atomic E-state index is -3.25. The zero-order chi connectivity index (χ0) is 36.7. The summed E-state index contributed by atoms with van der Waals surface area (Å²) in [6.07, 6.45) is 10.1. The van der Waals surface area contributed by atoms with Crippen LogP contribution in [0.15, 0.2) is 156 Å². The normalized spacial score (nSPS) is 12.1. The Morgan fingerprint density at radius 3 is 1.19 bits per heavy atom. The zero-order valence-corrected chi connectivity index (χ0v) is 30.6. The molecule has 0 spiro atoms. The molecule has 0 aliphatic heterocycles. The van der Waals surface area contributed by atoms with E-state index in [0.717, 1.165) is 67.2 Å². The van der Waals surface area contributed by atoms with Gasteiger partial charge in [-0.25, -0.2) is 26.8 Å². The third kappa shape index (κ3) is 7.14. The maximum absolute atomic E-state index is 11.8. The average molecular weight is 739 g/mol. The molecule has 11 heteroatoms. The molecule has 0 bridgehead atoms. The van der Waals surface area contributed by atoms with Crippen molar-refractivity contribution in [2.24, 2.45) is 0 Å². The fourth-order valence-corrected chi connectivity index (χ4v) is 7.63. The number of ether oxygens (including phenoxy) is 1. The second-order valence-corrected chi connectivity index (χ2v) is 17.1. The lowest BCUT2D eigenvalue weighted by Gasteiger charge is -2.09. The van der Waals surface area contributed by atoms with Crippen LogP contribution in [0.5, 0.6) is 0 Å². The molecular weight excluding hydrogens is 705 g/mol. The molecule has 0 aliphatic carbocycles. The van der Waals surface area contributed by atoms with E-state index < -0.39 is 19.7 Å². The molecule has 0 atom stereocenters. The number of hydrogen-bond donors (Lipinski definition) is 0. The SMILES string of the molecule is CS(=O)(=O)c1ccc(-c2ccn3c(-c4ccc(COCc5ccc(-c6cnc7cc(-c8ccc(S(C)(=O)=O)cc8)ccn67)cc5)cc4)cnc3c2)cc1. The zero-order valence-electron chi connectivity index (χ0n) is 28.9. The van der Waals surface area contributed by atoms with Gasteiger partial charge in [0.05, 0.1) is 46.8 Å². The number of benzene rings is 4. The third-order valence-electron chi connectivity index (χ3n) is 9.29. The van der Waals surface area contributed by atoms with Gasteiger partial charge in [0.2, 0.25) is 0 Å². The summed E-state index contributed by atoms with van der Waals surface area (Å²) in [7, 11) is -6.49. The van der Waals surface area contributed by atoms with Crippen molar-refractivity contribution in [1.82, 2.24) is 18.8 Å². The summed E-state index contributed by atoms with van der Waals surface area (Å²) in [5.74, 6) is 0. The molecule has 4 aromatic heterocycles. The van der Waals surface area contributed by atoms with Crippen molar-refractivity contribution in [1.29, 1.82) is 0 Å². The van der Waals surface area contributed by atoms with Crippen LogP contribution in [0.25, 0.3) is 56.1 Å². The molecule has 0 aliphatic rings. The van der Waals surface area contributed by atoms with Gasteiger partial charge in [-0.05, 0) is 81.9 Å². The Labute approximate surface area is 307 Å². The van der Waals surface area contributed by atoms with Crippen LogP contribution < -0.4 is 0 Å². The van der Waals surface area contributed by atoms with E-state index in [1.807, 2.05) is 82.1 Å². The summed E-state index contributed by atoms with van der Waals surface area (Å²) in [6.45, 7) is 0.951. The third-order valence-corrected chi connectivity index (χ3v) is 11.6. The monoisotopic (exact) mass is 738 g/mol. The Bertz CT molecular complexity index is 2630.